The Morgan fingerprint density at radius 1 is 1.59 bits per heavy atom. The molecule has 1 fully saturated rings. The highest BCUT2D eigenvalue weighted by molar-refractivity contribution is 5.95. The third-order valence-corrected chi connectivity index (χ3v) is 3.51. The summed E-state index contributed by atoms with van der Waals surface area (Å²) in [5.74, 6) is 0.772. The summed E-state index contributed by atoms with van der Waals surface area (Å²) in [7, 11) is 1.85. The molecular formula is C13H21N3O. The van der Waals surface area contributed by atoms with Crippen molar-refractivity contribution in [3.63, 3.8) is 0 Å². The third kappa shape index (κ3) is 2.68. The van der Waals surface area contributed by atoms with Gasteiger partial charge in [-0.1, -0.05) is 13.8 Å². The Balaban J connectivity index is 2.04. The van der Waals surface area contributed by atoms with Crippen LogP contribution in [0.25, 0.3) is 0 Å². The molecule has 0 aromatic carbocycles. The Morgan fingerprint density at radius 2 is 2.35 bits per heavy atom. The first kappa shape index (κ1) is 12.1. The summed E-state index contributed by atoms with van der Waals surface area (Å²) in [5.41, 5.74) is 1.62. The molecule has 0 radical (unpaired) electrons. The van der Waals surface area contributed by atoms with Gasteiger partial charge in [0.1, 0.15) is 0 Å². The number of aryl methyl sites for hydroxylation is 2. The molecule has 1 aliphatic carbocycles. The van der Waals surface area contributed by atoms with E-state index in [4.69, 9.17) is 0 Å². The highest BCUT2D eigenvalue weighted by atomic mass is 16.1. The van der Waals surface area contributed by atoms with E-state index in [-0.39, 0.29) is 5.91 Å². The normalized spacial score (nSPS) is 23.9. The van der Waals surface area contributed by atoms with Gasteiger partial charge >= 0.3 is 0 Å². The van der Waals surface area contributed by atoms with Crippen LogP contribution in [0.4, 0.5) is 0 Å². The maximum Gasteiger partial charge on any atom is 0.254 e. The number of aromatic nitrogens is 2. The first-order valence-electron chi connectivity index (χ1n) is 6.43. The molecule has 4 nitrogen and oxygen atoms in total. The highest BCUT2D eigenvalue weighted by Gasteiger charge is 2.24. The second-order valence-electron chi connectivity index (χ2n) is 5.11. The topological polar surface area (TPSA) is 46.9 Å². The second-order valence-corrected chi connectivity index (χ2v) is 5.11. The molecule has 1 amide bonds. The van der Waals surface area contributed by atoms with Crippen molar-refractivity contribution in [2.45, 2.75) is 45.6 Å². The molecule has 1 N–H and O–H groups in total. The van der Waals surface area contributed by atoms with Gasteiger partial charge in [0, 0.05) is 19.3 Å². The van der Waals surface area contributed by atoms with Crippen molar-refractivity contribution in [3.05, 3.63) is 17.5 Å². The number of hydrogen-bond acceptors (Lipinski definition) is 2. The molecule has 0 saturated heterocycles. The summed E-state index contributed by atoms with van der Waals surface area (Å²) in [4.78, 5) is 12.1. The SMILES string of the molecule is CCc1nn(C)cc1C(=O)NC1CCC(C)C1. The number of rotatable bonds is 3. The van der Waals surface area contributed by atoms with Gasteiger partial charge in [-0.05, 0) is 31.6 Å². The number of nitrogens with one attached hydrogen (secondary N) is 1. The minimum absolute atomic E-state index is 0.0362. The van der Waals surface area contributed by atoms with Crippen LogP contribution >= 0.6 is 0 Å². The van der Waals surface area contributed by atoms with Gasteiger partial charge in [-0.3, -0.25) is 9.48 Å². The predicted octanol–water partition coefficient (Wildman–Crippen LogP) is 1.90. The molecule has 1 saturated carbocycles. The van der Waals surface area contributed by atoms with Gasteiger partial charge in [-0.25, -0.2) is 0 Å². The van der Waals surface area contributed by atoms with Crippen LogP contribution in [0.3, 0.4) is 0 Å². The van der Waals surface area contributed by atoms with Crippen LogP contribution < -0.4 is 5.32 Å². The van der Waals surface area contributed by atoms with Gasteiger partial charge in [-0.15, -0.1) is 0 Å². The van der Waals surface area contributed by atoms with Crippen molar-refractivity contribution in [2.75, 3.05) is 0 Å². The van der Waals surface area contributed by atoms with E-state index < -0.39 is 0 Å². The average Bonchev–Trinajstić information content (AvgIpc) is 2.84. The van der Waals surface area contributed by atoms with Gasteiger partial charge in [0.2, 0.25) is 0 Å². The van der Waals surface area contributed by atoms with Crippen LogP contribution in [-0.4, -0.2) is 21.7 Å². The smallest absolute Gasteiger partial charge is 0.254 e. The molecule has 2 rings (SSSR count). The molecule has 2 atom stereocenters. The van der Waals surface area contributed by atoms with E-state index in [1.165, 1.54) is 6.42 Å². The van der Waals surface area contributed by atoms with Crippen molar-refractivity contribution in [1.82, 2.24) is 15.1 Å². The Morgan fingerprint density at radius 3 is 2.94 bits per heavy atom. The molecule has 0 spiro atoms. The molecule has 0 aliphatic heterocycles. The van der Waals surface area contributed by atoms with Crippen LogP contribution in [0.2, 0.25) is 0 Å². The van der Waals surface area contributed by atoms with Gasteiger partial charge in [0.05, 0.1) is 11.3 Å². The molecule has 0 bridgehead atoms. The number of nitrogens with zero attached hydrogens (tertiary/aromatic N) is 2. The van der Waals surface area contributed by atoms with Crippen molar-refractivity contribution in [3.8, 4) is 0 Å². The Labute approximate surface area is 102 Å². The van der Waals surface area contributed by atoms with E-state index in [1.54, 1.807) is 4.68 Å². The second kappa shape index (κ2) is 4.90. The lowest BCUT2D eigenvalue weighted by Crippen LogP contribution is -2.33. The van der Waals surface area contributed by atoms with Crippen LogP contribution in [-0.2, 0) is 13.5 Å². The lowest BCUT2D eigenvalue weighted by atomic mass is 10.1. The summed E-state index contributed by atoms with van der Waals surface area (Å²) in [6.45, 7) is 4.27. The quantitative estimate of drug-likeness (QED) is 0.869. The molecule has 4 heteroatoms. The fourth-order valence-corrected chi connectivity index (χ4v) is 2.59. The molecule has 94 valence electrons. The first-order chi connectivity index (χ1) is 8.10. The molecule has 2 unspecified atom stereocenters. The summed E-state index contributed by atoms with van der Waals surface area (Å²) in [6.07, 6.45) is 6.04. The monoisotopic (exact) mass is 235 g/mol. The average molecular weight is 235 g/mol. The van der Waals surface area contributed by atoms with Gasteiger partial charge in [-0.2, -0.15) is 5.10 Å². The molecule has 17 heavy (non-hydrogen) atoms. The van der Waals surface area contributed by atoms with Crippen molar-refractivity contribution in [2.24, 2.45) is 13.0 Å². The lowest BCUT2D eigenvalue weighted by molar-refractivity contribution is 0.0936. The first-order valence-corrected chi connectivity index (χ1v) is 6.43. The number of carbonyl (C=O) groups is 1. The van der Waals surface area contributed by atoms with Crippen molar-refractivity contribution in [1.29, 1.82) is 0 Å². The summed E-state index contributed by atoms with van der Waals surface area (Å²) in [6, 6.07) is 0.349. The van der Waals surface area contributed by atoms with Gasteiger partial charge < -0.3 is 5.32 Å². The van der Waals surface area contributed by atoms with Gasteiger partial charge in [0.25, 0.3) is 5.91 Å². The summed E-state index contributed by atoms with van der Waals surface area (Å²) < 4.78 is 1.71. The number of hydrogen-bond donors (Lipinski definition) is 1. The Bertz CT molecular complexity index is 411. The third-order valence-electron chi connectivity index (χ3n) is 3.51. The van der Waals surface area contributed by atoms with Crippen LogP contribution in [0, 0.1) is 5.92 Å². The molecule has 1 heterocycles. The number of carbonyl (C=O) groups excluding carboxylic acids is 1. The van der Waals surface area contributed by atoms with Crippen molar-refractivity contribution >= 4 is 5.91 Å². The molecule has 1 aliphatic rings. The number of amides is 1. The Hall–Kier alpha value is -1.32. The standard InChI is InChI=1S/C13H21N3O/c1-4-12-11(8-16(3)15-12)13(17)14-10-6-5-9(2)7-10/h8-10H,4-7H2,1-3H3,(H,14,17). The maximum atomic E-state index is 12.1. The summed E-state index contributed by atoms with van der Waals surface area (Å²) >= 11 is 0. The van der Waals surface area contributed by atoms with E-state index in [0.717, 1.165) is 36.4 Å². The largest absolute Gasteiger partial charge is 0.349 e. The minimum Gasteiger partial charge on any atom is -0.349 e. The zero-order valence-corrected chi connectivity index (χ0v) is 10.9. The molecule has 1 aromatic heterocycles. The van der Waals surface area contributed by atoms with Crippen LogP contribution in [0.5, 0.6) is 0 Å². The fourth-order valence-electron chi connectivity index (χ4n) is 2.59. The zero-order chi connectivity index (χ0) is 12.4. The Kier molecular flexibility index (Phi) is 3.50. The van der Waals surface area contributed by atoms with E-state index in [1.807, 2.05) is 20.2 Å². The van der Waals surface area contributed by atoms with E-state index >= 15 is 0 Å². The maximum absolute atomic E-state index is 12.1. The van der Waals surface area contributed by atoms with Gasteiger partial charge in [0.15, 0.2) is 0 Å². The summed E-state index contributed by atoms with van der Waals surface area (Å²) in [5, 5.41) is 7.42. The fraction of sp³-hybridized carbons (Fsp3) is 0.692. The van der Waals surface area contributed by atoms with Crippen molar-refractivity contribution < 1.29 is 4.79 Å². The predicted molar refractivity (Wildman–Crippen MR) is 66.9 cm³/mol. The van der Waals surface area contributed by atoms with E-state index in [0.29, 0.717) is 6.04 Å². The molecule has 1 aromatic rings. The lowest BCUT2D eigenvalue weighted by Gasteiger charge is -2.11. The van der Waals surface area contributed by atoms with Crippen LogP contribution in [0.1, 0.15) is 49.2 Å². The zero-order valence-electron chi connectivity index (χ0n) is 10.9. The van der Waals surface area contributed by atoms with E-state index in [9.17, 15) is 4.79 Å². The molecular weight excluding hydrogens is 214 g/mol. The highest BCUT2D eigenvalue weighted by Crippen LogP contribution is 2.24. The minimum atomic E-state index is 0.0362. The van der Waals surface area contributed by atoms with E-state index in [2.05, 4.69) is 17.3 Å². The van der Waals surface area contributed by atoms with Crippen LogP contribution in [0.15, 0.2) is 6.20 Å².